The van der Waals surface area contributed by atoms with E-state index < -0.39 is 30.8 Å². The molecule has 2 atom stereocenters. The first-order valence-electron chi connectivity index (χ1n) is 9.05. The second-order valence-corrected chi connectivity index (χ2v) is 7.23. The molecule has 1 saturated carbocycles. The van der Waals surface area contributed by atoms with Gasteiger partial charge >= 0.3 is 6.18 Å². The van der Waals surface area contributed by atoms with Crippen molar-refractivity contribution < 1.29 is 27.8 Å². The van der Waals surface area contributed by atoms with E-state index in [1.807, 2.05) is 0 Å². The zero-order valence-electron chi connectivity index (χ0n) is 15.2. The van der Waals surface area contributed by atoms with Gasteiger partial charge in [0.25, 0.3) is 5.91 Å². The molecule has 1 aliphatic carbocycles. The molecule has 1 aromatic carbocycles. The highest BCUT2D eigenvalue weighted by molar-refractivity contribution is 6.30. The average Bonchev–Trinajstić information content (AvgIpc) is 2.68. The van der Waals surface area contributed by atoms with Crippen LogP contribution in [-0.2, 0) is 0 Å². The highest BCUT2D eigenvalue weighted by Crippen LogP contribution is 2.30. The summed E-state index contributed by atoms with van der Waals surface area (Å²) in [4.78, 5) is 12.6. The fourth-order valence-electron chi connectivity index (χ4n) is 3.11. The summed E-state index contributed by atoms with van der Waals surface area (Å²) in [5.41, 5.74) is 0.551. The maximum absolute atomic E-state index is 12.6. The number of amides is 1. The van der Waals surface area contributed by atoms with Crippen LogP contribution in [0.1, 0.15) is 36.2 Å². The molecule has 29 heavy (non-hydrogen) atoms. The van der Waals surface area contributed by atoms with E-state index in [2.05, 4.69) is 15.5 Å². The number of ether oxygens (including phenoxy) is 1. The lowest BCUT2D eigenvalue weighted by Gasteiger charge is -2.28. The van der Waals surface area contributed by atoms with Crippen molar-refractivity contribution in [1.29, 1.82) is 0 Å². The van der Waals surface area contributed by atoms with E-state index in [0.717, 1.165) is 12.8 Å². The van der Waals surface area contributed by atoms with Crippen molar-refractivity contribution in [2.45, 2.75) is 44.0 Å². The van der Waals surface area contributed by atoms with Gasteiger partial charge in [0, 0.05) is 10.6 Å². The lowest BCUT2D eigenvalue weighted by molar-refractivity contribution is -0.154. The van der Waals surface area contributed by atoms with Gasteiger partial charge in [0.1, 0.15) is 0 Å². The molecule has 2 aromatic rings. The summed E-state index contributed by atoms with van der Waals surface area (Å²) in [7, 11) is 0. The number of rotatable bonds is 5. The molecule has 1 aliphatic rings. The van der Waals surface area contributed by atoms with Crippen molar-refractivity contribution in [2.24, 2.45) is 0 Å². The first-order chi connectivity index (χ1) is 13.7. The molecule has 156 valence electrons. The number of nitrogens with zero attached hydrogens (tertiary/aromatic N) is 2. The molecule has 0 saturated heterocycles. The van der Waals surface area contributed by atoms with Crippen molar-refractivity contribution in [1.82, 2.24) is 15.5 Å². The molecule has 1 fully saturated rings. The van der Waals surface area contributed by atoms with Crippen LogP contribution in [0.2, 0.25) is 5.02 Å². The minimum atomic E-state index is -4.55. The Balaban J connectivity index is 1.87. The van der Waals surface area contributed by atoms with Gasteiger partial charge in [-0.15, -0.1) is 10.2 Å². The smallest absolute Gasteiger partial charge is 0.422 e. The Morgan fingerprint density at radius 1 is 1.21 bits per heavy atom. The zero-order valence-corrected chi connectivity index (χ0v) is 16.0. The van der Waals surface area contributed by atoms with Gasteiger partial charge in [0.2, 0.25) is 5.88 Å². The van der Waals surface area contributed by atoms with Crippen LogP contribution in [0.4, 0.5) is 13.2 Å². The fraction of sp³-hybridized carbons (Fsp3) is 0.421. The van der Waals surface area contributed by atoms with E-state index in [-0.39, 0.29) is 17.1 Å². The molecule has 10 heteroatoms. The van der Waals surface area contributed by atoms with Gasteiger partial charge in [0.05, 0.1) is 12.1 Å². The maximum Gasteiger partial charge on any atom is 0.422 e. The standard InChI is InChI=1S/C19H19ClF3N3O3/c20-12-7-5-11(6-8-12)13-9-15(25-26-18(13)29-10-19(21,22)23)17(28)24-14-3-1-2-4-16(14)27/h5-9,14,16,27H,1-4,10H2,(H,24,28)/t14-,16-/m1/s1. The molecule has 3 rings (SSSR count). The van der Waals surface area contributed by atoms with Crippen LogP contribution in [0.25, 0.3) is 11.1 Å². The van der Waals surface area contributed by atoms with E-state index in [9.17, 15) is 23.1 Å². The topological polar surface area (TPSA) is 84.3 Å². The monoisotopic (exact) mass is 429 g/mol. The third-order valence-electron chi connectivity index (χ3n) is 4.57. The highest BCUT2D eigenvalue weighted by atomic mass is 35.5. The molecular formula is C19H19ClF3N3O3. The summed E-state index contributed by atoms with van der Waals surface area (Å²) >= 11 is 5.87. The molecule has 6 nitrogen and oxygen atoms in total. The quantitative estimate of drug-likeness (QED) is 0.755. The van der Waals surface area contributed by atoms with Gasteiger partial charge in [-0.25, -0.2) is 0 Å². The van der Waals surface area contributed by atoms with Crippen LogP contribution >= 0.6 is 11.6 Å². The number of hydrogen-bond acceptors (Lipinski definition) is 5. The van der Waals surface area contributed by atoms with Crippen molar-refractivity contribution in [3.8, 4) is 17.0 Å². The number of aliphatic hydroxyl groups is 1. The molecule has 0 spiro atoms. The van der Waals surface area contributed by atoms with E-state index in [0.29, 0.717) is 23.4 Å². The van der Waals surface area contributed by atoms with E-state index in [4.69, 9.17) is 16.3 Å². The molecule has 0 unspecified atom stereocenters. The van der Waals surface area contributed by atoms with Gasteiger partial charge in [-0.3, -0.25) is 4.79 Å². The predicted molar refractivity (Wildman–Crippen MR) is 99.8 cm³/mol. The lowest BCUT2D eigenvalue weighted by Crippen LogP contribution is -2.45. The number of benzene rings is 1. The van der Waals surface area contributed by atoms with E-state index in [1.165, 1.54) is 6.07 Å². The SMILES string of the molecule is O=C(N[C@@H]1CCCC[C@H]1O)c1cc(-c2ccc(Cl)cc2)c(OCC(F)(F)F)nn1. The Morgan fingerprint density at radius 2 is 1.90 bits per heavy atom. The second kappa shape index (κ2) is 8.96. The molecule has 1 heterocycles. The molecule has 2 N–H and O–H groups in total. The molecular weight excluding hydrogens is 411 g/mol. The van der Waals surface area contributed by atoms with Crippen LogP contribution < -0.4 is 10.1 Å². The third kappa shape index (κ3) is 5.80. The number of nitrogens with one attached hydrogen (secondary N) is 1. The van der Waals surface area contributed by atoms with E-state index in [1.54, 1.807) is 24.3 Å². The lowest BCUT2D eigenvalue weighted by atomic mass is 9.92. The highest BCUT2D eigenvalue weighted by Gasteiger charge is 2.30. The Hall–Kier alpha value is -2.39. The number of aliphatic hydroxyl groups excluding tert-OH is 1. The Morgan fingerprint density at radius 3 is 2.55 bits per heavy atom. The average molecular weight is 430 g/mol. The molecule has 1 aromatic heterocycles. The molecule has 0 aliphatic heterocycles. The van der Waals surface area contributed by atoms with Crippen LogP contribution in [0.15, 0.2) is 30.3 Å². The van der Waals surface area contributed by atoms with Gasteiger partial charge in [0.15, 0.2) is 12.3 Å². The van der Waals surface area contributed by atoms with Gasteiger partial charge in [-0.05, 0) is 36.6 Å². The van der Waals surface area contributed by atoms with Gasteiger partial charge in [-0.2, -0.15) is 13.2 Å². The number of carbonyl (C=O) groups is 1. The normalized spacial score (nSPS) is 19.6. The predicted octanol–water partition coefficient (Wildman–Crippen LogP) is 3.77. The molecule has 0 bridgehead atoms. The van der Waals surface area contributed by atoms with Crippen LogP contribution in [-0.4, -0.2) is 46.1 Å². The number of carbonyl (C=O) groups excluding carboxylic acids is 1. The second-order valence-electron chi connectivity index (χ2n) is 6.79. The van der Waals surface area contributed by atoms with E-state index >= 15 is 0 Å². The Labute approximate surface area is 170 Å². The number of halogens is 4. The van der Waals surface area contributed by atoms with Gasteiger partial charge < -0.3 is 15.2 Å². The first-order valence-corrected chi connectivity index (χ1v) is 9.43. The molecule has 0 radical (unpaired) electrons. The summed E-state index contributed by atoms with van der Waals surface area (Å²) in [6, 6.07) is 7.18. The number of aromatic nitrogens is 2. The van der Waals surface area contributed by atoms with Gasteiger partial charge in [-0.1, -0.05) is 36.6 Å². The van der Waals surface area contributed by atoms with Crippen molar-refractivity contribution in [3.05, 3.63) is 41.0 Å². The van der Waals surface area contributed by atoms with Crippen LogP contribution in [0.3, 0.4) is 0 Å². The number of hydrogen-bond donors (Lipinski definition) is 2. The summed E-state index contributed by atoms with van der Waals surface area (Å²) in [5, 5.41) is 20.6. The Kier molecular flexibility index (Phi) is 6.59. The largest absolute Gasteiger partial charge is 0.467 e. The van der Waals surface area contributed by atoms with Crippen molar-refractivity contribution >= 4 is 17.5 Å². The zero-order chi connectivity index (χ0) is 21.0. The maximum atomic E-state index is 12.6. The summed E-state index contributed by atoms with van der Waals surface area (Å²) in [6.45, 7) is -1.54. The Bertz CT molecular complexity index is 862. The van der Waals surface area contributed by atoms with Crippen molar-refractivity contribution in [3.63, 3.8) is 0 Å². The minimum Gasteiger partial charge on any atom is -0.467 e. The fourth-order valence-corrected chi connectivity index (χ4v) is 3.23. The summed E-state index contributed by atoms with van der Waals surface area (Å²) < 4.78 is 42.4. The summed E-state index contributed by atoms with van der Waals surface area (Å²) in [6.07, 6.45) is -2.20. The summed E-state index contributed by atoms with van der Waals surface area (Å²) in [5.74, 6) is -0.917. The minimum absolute atomic E-state index is 0.0907. The molecule has 1 amide bonds. The number of alkyl halides is 3. The van der Waals surface area contributed by atoms with Crippen molar-refractivity contribution in [2.75, 3.05) is 6.61 Å². The third-order valence-corrected chi connectivity index (χ3v) is 4.82. The first kappa shape index (κ1) is 21.3. The van der Waals surface area contributed by atoms with Crippen LogP contribution in [0.5, 0.6) is 5.88 Å². The van der Waals surface area contributed by atoms with Crippen LogP contribution in [0, 0.1) is 0 Å².